The fourth-order valence-corrected chi connectivity index (χ4v) is 2.29. The molecule has 0 unspecified atom stereocenters. The number of carbonyl (C=O) groups is 1. The molecule has 0 aromatic carbocycles. The average Bonchev–Trinajstić information content (AvgIpc) is 2.75. The second-order valence-electron chi connectivity index (χ2n) is 4.90. The minimum absolute atomic E-state index is 0.155. The lowest BCUT2D eigenvalue weighted by Gasteiger charge is -2.20. The van der Waals surface area contributed by atoms with Gasteiger partial charge in [-0.15, -0.1) is 0 Å². The molecule has 17 heavy (non-hydrogen) atoms. The van der Waals surface area contributed by atoms with Crippen molar-refractivity contribution < 1.29 is 4.79 Å². The number of rotatable bonds is 3. The monoisotopic (exact) mass is 236 g/mol. The summed E-state index contributed by atoms with van der Waals surface area (Å²) in [6.07, 6.45) is 2.28. The summed E-state index contributed by atoms with van der Waals surface area (Å²) < 4.78 is 1.73. The molecule has 5 nitrogen and oxygen atoms in total. The van der Waals surface area contributed by atoms with Crippen molar-refractivity contribution in [2.75, 3.05) is 13.1 Å². The minimum atomic E-state index is -0.402. The van der Waals surface area contributed by atoms with E-state index in [2.05, 4.69) is 10.4 Å². The number of carbonyl (C=O) groups excluding carboxylic acids is 1. The van der Waals surface area contributed by atoms with Gasteiger partial charge in [-0.25, -0.2) is 0 Å². The van der Waals surface area contributed by atoms with E-state index in [9.17, 15) is 4.79 Å². The van der Waals surface area contributed by atoms with Gasteiger partial charge in [0.1, 0.15) is 5.69 Å². The Labute approximate surface area is 101 Å². The maximum absolute atomic E-state index is 11.4. The molecular weight excluding hydrogens is 216 g/mol. The van der Waals surface area contributed by atoms with Gasteiger partial charge in [-0.2, -0.15) is 5.10 Å². The predicted octanol–water partition coefficient (Wildman–Crippen LogP) is 1.03. The molecule has 0 saturated carbocycles. The molecule has 2 heterocycles. The van der Waals surface area contributed by atoms with Crippen LogP contribution in [0.3, 0.4) is 0 Å². The number of amides is 1. The van der Waals surface area contributed by atoms with Gasteiger partial charge in [0.15, 0.2) is 0 Å². The summed E-state index contributed by atoms with van der Waals surface area (Å²) in [4.78, 5) is 11.4. The van der Waals surface area contributed by atoms with Crippen LogP contribution in [0.15, 0.2) is 6.07 Å². The fraction of sp³-hybridized carbons (Fsp3) is 0.667. The van der Waals surface area contributed by atoms with Crippen molar-refractivity contribution in [2.45, 2.75) is 38.6 Å². The molecule has 0 radical (unpaired) electrons. The minimum Gasteiger partial charge on any atom is -0.364 e. The van der Waals surface area contributed by atoms with Gasteiger partial charge in [0, 0.05) is 18.5 Å². The number of primary amides is 1. The van der Waals surface area contributed by atoms with Crippen LogP contribution >= 0.6 is 0 Å². The van der Waals surface area contributed by atoms with Crippen LogP contribution in [0.5, 0.6) is 0 Å². The summed E-state index contributed by atoms with van der Waals surface area (Å²) in [7, 11) is 0. The summed E-state index contributed by atoms with van der Waals surface area (Å²) >= 11 is 0. The van der Waals surface area contributed by atoms with Crippen molar-refractivity contribution in [3.8, 4) is 0 Å². The maximum atomic E-state index is 11.4. The van der Waals surface area contributed by atoms with Gasteiger partial charge in [-0.05, 0) is 39.3 Å². The molecular formula is C12H20N4O. The van der Waals surface area contributed by atoms with Crippen LogP contribution in [0.25, 0.3) is 0 Å². The molecule has 1 atom stereocenters. The normalized spacial score (nSPS) is 20.8. The van der Waals surface area contributed by atoms with E-state index in [-0.39, 0.29) is 6.04 Å². The second-order valence-corrected chi connectivity index (χ2v) is 4.90. The van der Waals surface area contributed by atoms with E-state index in [4.69, 9.17) is 5.73 Å². The zero-order valence-corrected chi connectivity index (χ0v) is 10.4. The van der Waals surface area contributed by atoms with Crippen molar-refractivity contribution >= 4 is 5.91 Å². The molecule has 1 saturated heterocycles. The topological polar surface area (TPSA) is 72.9 Å². The van der Waals surface area contributed by atoms with Gasteiger partial charge in [0.25, 0.3) is 5.91 Å². The SMILES string of the molecule is CC(C)n1nc([C@@H]2CCCNC2)cc1C(N)=O. The van der Waals surface area contributed by atoms with Crippen LogP contribution in [0.2, 0.25) is 0 Å². The zero-order valence-electron chi connectivity index (χ0n) is 10.4. The van der Waals surface area contributed by atoms with Gasteiger partial charge in [0.2, 0.25) is 0 Å². The van der Waals surface area contributed by atoms with Crippen molar-refractivity contribution in [3.05, 3.63) is 17.5 Å². The largest absolute Gasteiger partial charge is 0.364 e. The molecule has 3 N–H and O–H groups in total. The Kier molecular flexibility index (Phi) is 3.47. The van der Waals surface area contributed by atoms with Gasteiger partial charge in [0.05, 0.1) is 5.69 Å². The summed E-state index contributed by atoms with van der Waals surface area (Å²) in [5.41, 5.74) is 6.88. The Balaban J connectivity index is 2.29. The number of hydrogen-bond acceptors (Lipinski definition) is 3. The molecule has 94 valence electrons. The third kappa shape index (κ3) is 2.49. The van der Waals surface area contributed by atoms with Crippen molar-refractivity contribution in [1.82, 2.24) is 15.1 Å². The van der Waals surface area contributed by atoms with Crippen molar-refractivity contribution in [2.24, 2.45) is 5.73 Å². The molecule has 2 rings (SSSR count). The Bertz CT molecular complexity index is 405. The summed E-state index contributed by atoms with van der Waals surface area (Å²) in [6.45, 7) is 6.02. The molecule has 0 bridgehead atoms. The Morgan fingerprint density at radius 3 is 2.88 bits per heavy atom. The highest BCUT2D eigenvalue weighted by atomic mass is 16.1. The van der Waals surface area contributed by atoms with E-state index in [0.29, 0.717) is 11.6 Å². The lowest BCUT2D eigenvalue weighted by molar-refractivity contribution is 0.0988. The Morgan fingerprint density at radius 1 is 1.65 bits per heavy atom. The van der Waals surface area contributed by atoms with E-state index in [1.165, 1.54) is 0 Å². The molecule has 0 aliphatic carbocycles. The highest BCUT2D eigenvalue weighted by molar-refractivity contribution is 5.91. The van der Waals surface area contributed by atoms with E-state index in [0.717, 1.165) is 31.6 Å². The first-order chi connectivity index (χ1) is 8.09. The van der Waals surface area contributed by atoms with Crippen LogP contribution in [0.1, 0.15) is 54.8 Å². The molecule has 0 spiro atoms. The number of piperidine rings is 1. The molecule has 1 aromatic rings. The highest BCUT2D eigenvalue weighted by Crippen LogP contribution is 2.24. The second kappa shape index (κ2) is 4.87. The smallest absolute Gasteiger partial charge is 0.266 e. The Hall–Kier alpha value is -1.36. The number of hydrogen-bond donors (Lipinski definition) is 2. The molecule has 1 fully saturated rings. The third-order valence-electron chi connectivity index (χ3n) is 3.21. The van der Waals surface area contributed by atoms with E-state index in [1.807, 2.05) is 19.9 Å². The Morgan fingerprint density at radius 2 is 2.41 bits per heavy atom. The van der Waals surface area contributed by atoms with Crippen LogP contribution in [-0.4, -0.2) is 28.8 Å². The van der Waals surface area contributed by atoms with Crippen LogP contribution in [0, 0.1) is 0 Å². The predicted molar refractivity (Wildman–Crippen MR) is 66.0 cm³/mol. The number of nitrogens with one attached hydrogen (secondary N) is 1. The molecule has 5 heteroatoms. The number of nitrogens with two attached hydrogens (primary N) is 1. The molecule has 1 aromatic heterocycles. The van der Waals surface area contributed by atoms with Gasteiger partial charge in [-0.3, -0.25) is 9.48 Å². The van der Waals surface area contributed by atoms with Gasteiger partial charge < -0.3 is 11.1 Å². The van der Waals surface area contributed by atoms with Crippen molar-refractivity contribution in [3.63, 3.8) is 0 Å². The lowest BCUT2D eigenvalue weighted by Crippen LogP contribution is -2.28. The van der Waals surface area contributed by atoms with Gasteiger partial charge in [-0.1, -0.05) is 0 Å². The first kappa shape index (κ1) is 12.1. The summed E-state index contributed by atoms with van der Waals surface area (Å²) in [6, 6.07) is 2.00. The fourth-order valence-electron chi connectivity index (χ4n) is 2.29. The van der Waals surface area contributed by atoms with Crippen LogP contribution in [0.4, 0.5) is 0 Å². The van der Waals surface area contributed by atoms with Crippen LogP contribution in [-0.2, 0) is 0 Å². The quantitative estimate of drug-likeness (QED) is 0.823. The molecule has 1 aliphatic heterocycles. The molecule has 1 amide bonds. The van der Waals surface area contributed by atoms with Crippen LogP contribution < -0.4 is 11.1 Å². The molecule has 1 aliphatic rings. The third-order valence-corrected chi connectivity index (χ3v) is 3.21. The number of aromatic nitrogens is 2. The standard InChI is InChI=1S/C12H20N4O/c1-8(2)16-11(12(13)17)6-10(15-16)9-4-3-5-14-7-9/h6,8-9,14H,3-5,7H2,1-2H3,(H2,13,17)/t9-/m1/s1. The average molecular weight is 236 g/mol. The van der Waals surface area contributed by atoms with E-state index in [1.54, 1.807) is 4.68 Å². The van der Waals surface area contributed by atoms with Crippen molar-refractivity contribution in [1.29, 1.82) is 0 Å². The number of nitrogens with zero attached hydrogens (tertiary/aromatic N) is 2. The summed E-state index contributed by atoms with van der Waals surface area (Å²) in [5, 5.41) is 7.89. The van der Waals surface area contributed by atoms with E-state index < -0.39 is 5.91 Å². The van der Waals surface area contributed by atoms with E-state index >= 15 is 0 Å². The lowest BCUT2D eigenvalue weighted by atomic mass is 9.96. The first-order valence-electron chi connectivity index (χ1n) is 6.19. The van der Waals surface area contributed by atoms with Gasteiger partial charge >= 0.3 is 0 Å². The first-order valence-corrected chi connectivity index (χ1v) is 6.19. The zero-order chi connectivity index (χ0) is 12.4. The summed E-state index contributed by atoms with van der Waals surface area (Å²) in [5.74, 6) is 0.00284. The highest BCUT2D eigenvalue weighted by Gasteiger charge is 2.22. The maximum Gasteiger partial charge on any atom is 0.266 e.